The van der Waals surface area contributed by atoms with Crippen LogP contribution < -0.4 is 10.1 Å². The van der Waals surface area contributed by atoms with Crippen molar-refractivity contribution in [3.8, 4) is 5.75 Å². The average Bonchev–Trinajstić information content (AvgIpc) is 2.90. The molecule has 0 bridgehead atoms. The van der Waals surface area contributed by atoms with Crippen molar-refractivity contribution in [1.82, 2.24) is 5.32 Å². The third kappa shape index (κ3) is 3.89. The molecular formula is C13H15F2NO3. The van der Waals surface area contributed by atoms with Gasteiger partial charge < -0.3 is 14.8 Å². The number of alkyl halides is 2. The molecule has 1 aromatic carbocycles. The van der Waals surface area contributed by atoms with Crippen LogP contribution in [0.2, 0.25) is 0 Å². The second kappa shape index (κ2) is 6.47. The number of para-hydroxylation sites is 1. The van der Waals surface area contributed by atoms with Gasteiger partial charge in [0.2, 0.25) is 5.91 Å². The lowest BCUT2D eigenvalue weighted by atomic mass is 10.2. The van der Waals surface area contributed by atoms with E-state index in [0.717, 1.165) is 6.42 Å². The second-order valence-electron chi connectivity index (χ2n) is 4.21. The number of carbonyl (C=O) groups is 1. The molecule has 0 saturated carbocycles. The van der Waals surface area contributed by atoms with Gasteiger partial charge in [-0.1, -0.05) is 18.2 Å². The molecule has 19 heavy (non-hydrogen) atoms. The lowest BCUT2D eigenvalue weighted by Gasteiger charge is -2.13. The Morgan fingerprint density at radius 3 is 2.95 bits per heavy atom. The van der Waals surface area contributed by atoms with Crippen LogP contribution in [0.3, 0.4) is 0 Å². The highest BCUT2D eigenvalue weighted by molar-refractivity contribution is 5.81. The van der Waals surface area contributed by atoms with Gasteiger partial charge in [-0.15, -0.1) is 0 Å². The zero-order valence-corrected chi connectivity index (χ0v) is 10.3. The van der Waals surface area contributed by atoms with Crippen LogP contribution in [0, 0.1) is 0 Å². The molecule has 0 spiro atoms. The fraction of sp³-hybridized carbons (Fsp3) is 0.462. The number of amides is 1. The first-order valence-corrected chi connectivity index (χ1v) is 6.09. The molecule has 4 nitrogen and oxygen atoms in total. The summed E-state index contributed by atoms with van der Waals surface area (Å²) in [4.78, 5) is 11.7. The fourth-order valence-electron chi connectivity index (χ4n) is 1.94. The number of carbonyl (C=O) groups excluding carboxylic acids is 1. The molecule has 0 unspecified atom stereocenters. The maximum absolute atomic E-state index is 12.2. The van der Waals surface area contributed by atoms with E-state index < -0.39 is 12.7 Å². The topological polar surface area (TPSA) is 47.6 Å². The summed E-state index contributed by atoms with van der Waals surface area (Å²) < 4.78 is 34.1. The number of hydrogen-bond acceptors (Lipinski definition) is 3. The van der Waals surface area contributed by atoms with Gasteiger partial charge >= 0.3 is 6.61 Å². The van der Waals surface area contributed by atoms with E-state index in [1.807, 2.05) is 0 Å². The van der Waals surface area contributed by atoms with Crippen molar-refractivity contribution in [2.24, 2.45) is 0 Å². The van der Waals surface area contributed by atoms with E-state index in [0.29, 0.717) is 18.6 Å². The van der Waals surface area contributed by atoms with Crippen LogP contribution in [0.15, 0.2) is 24.3 Å². The number of halogens is 2. The maximum atomic E-state index is 12.2. The molecule has 1 saturated heterocycles. The van der Waals surface area contributed by atoms with Gasteiger partial charge in [-0.05, 0) is 18.9 Å². The van der Waals surface area contributed by atoms with Gasteiger partial charge in [0.25, 0.3) is 0 Å². The lowest BCUT2D eigenvalue weighted by Crippen LogP contribution is -2.33. The normalized spacial score (nSPS) is 18.6. The van der Waals surface area contributed by atoms with Gasteiger partial charge in [0, 0.05) is 18.7 Å². The summed E-state index contributed by atoms with van der Waals surface area (Å²) in [5.74, 6) is -0.144. The van der Waals surface area contributed by atoms with Crippen molar-refractivity contribution in [2.75, 3.05) is 6.61 Å². The van der Waals surface area contributed by atoms with E-state index >= 15 is 0 Å². The Morgan fingerprint density at radius 1 is 1.47 bits per heavy atom. The predicted octanol–water partition coefficient (Wildman–Crippen LogP) is 2.08. The maximum Gasteiger partial charge on any atom is 0.387 e. The Morgan fingerprint density at radius 2 is 2.26 bits per heavy atom. The molecule has 2 rings (SSSR count). The average molecular weight is 271 g/mol. The van der Waals surface area contributed by atoms with Gasteiger partial charge in [-0.3, -0.25) is 4.79 Å². The van der Waals surface area contributed by atoms with Crippen LogP contribution in [-0.4, -0.2) is 25.2 Å². The van der Waals surface area contributed by atoms with E-state index in [4.69, 9.17) is 4.74 Å². The summed E-state index contributed by atoms with van der Waals surface area (Å²) in [6.07, 6.45) is 1.13. The first-order chi connectivity index (χ1) is 9.16. The molecule has 1 fully saturated rings. The van der Waals surface area contributed by atoms with E-state index in [1.54, 1.807) is 18.2 Å². The Bertz CT molecular complexity index is 434. The summed E-state index contributed by atoms with van der Waals surface area (Å²) in [7, 11) is 0. The van der Waals surface area contributed by atoms with Gasteiger partial charge in [0.15, 0.2) is 0 Å². The van der Waals surface area contributed by atoms with Crippen molar-refractivity contribution in [2.45, 2.75) is 32.1 Å². The molecule has 1 amide bonds. The van der Waals surface area contributed by atoms with Crippen LogP contribution in [0.25, 0.3) is 0 Å². The van der Waals surface area contributed by atoms with Crippen LogP contribution in [-0.2, 0) is 16.1 Å². The van der Waals surface area contributed by atoms with E-state index in [-0.39, 0.29) is 18.2 Å². The van der Waals surface area contributed by atoms with Crippen molar-refractivity contribution >= 4 is 5.91 Å². The Kier molecular flexibility index (Phi) is 4.68. The van der Waals surface area contributed by atoms with Crippen molar-refractivity contribution < 1.29 is 23.0 Å². The number of nitrogens with one attached hydrogen (secondary N) is 1. The zero-order valence-electron chi connectivity index (χ0n) is 10.3. The summed E-state index contributed by atoms with van der Waals surface area (Å²) in [6, 6.07) is 6.38. The van der Waals surface area contributed by atoms with Gasteiger partial charge in [-0.2, -0.15) is 8.78 Å². The highest BCUT2D eigenvalue weighted by Gasteiger charge is 2.23. The largest absolute Gasteiger partial charge is 0.434 e. The summed E-state index contributed by atoms with van der Waals surface area (Å²) in [5.41, 5.74) is 0.508. The molecule has 0 radical (unpaired) electrons. The smallest absolute Gasteiger partial charge is 0.387 e. The first-order valence-electron chi connectivity index (χ1n) is 6.09. The number of hydrogen-bond donors (Lipinski definition) is 1. The predicted molar refractivity (Wildman–Crippen MR) is 63.9 cm³/mol. The highest BCUT2D eigenvalue weighted by atomic mass is 19.3. The first kappa shape index (κ1) is 13.7. The molecule has 1 heterocycles. The van der Waals surface area contributed by atoms with Gasteiger partial charge in [-0.25, -0.2) is 0 Å². The molecule has 104 valence electrons. The minimum Gasteiger partial charge on any atom is -0.434 e. The molecule has 0 aromatic heterocycles. The molecule has 6 heteroatoms. The molecule has 1 aromatic rings. The quantitative estimate of drug-likeness (QED) is 0.892. The third-order valence-corrected chi connectivity index (χ3v) is 2.86. The summed E-state index contributed by atoms with van der Waals surface area (Å²) in [6.45, 7) is -2.15. The molecule has 1 aliphatic rings. The Labute approximate surface area is 109 Å². The zero-order chi connectivity index (χ0) is 13.7. The van der Waals surface area contributed by atoms with Crippen LogP contribution >= 0.6 is 0 Å². The fourth-order valence-corrected chi connectivity index (χ4v) is 1.94. The molecule has 1 aliphatic heterocycles. The minimum absolute atomic E-state index is 0.0742. The van der Waals surface area contributed by atoms with Crippen LogP contribution in [0.4, 0.5) is 8.78 Å². The molecule has 0 aliphatic carbocycles. The molecule has 1 N–H and O–H groups in total. The third-order valence-electron chi connectivity index (χ3n) is 2.86. The van der Waals surface area contributed by atoms with E-state index in [9.17, 15) is 13.6 Å². The second-order valence-corrected chi connectivity index (χ2v) is 4.21. The van der Waals surface area contributed by atoms with Crippen molar-refractivity contribution in [1.29, 1.82) is 0 Å². The Balaban J connectivity index is 1.93. The number of rotatable bonds is 5. The highest BCUT2D eigenvalue weighted by Crippen LogP contribution is 2.20. The summed E-state index contributed by atoms with van der Waals surface area (Å²) in [5, 5.41) is 2.67. The Hall–Kier alpha value is -1.69. The number of ether oxygens (including phenoxy) is 2. The van der Waals surface area contributed by atoms with Gasteiger partial charge in [0.05, 0.1) is 0 Å². The standard InChI is InChI=1S/C13H15F2NO3/c14-13(15)19-10-5-2-1-4-9(10)8-16-12(17)11-6-3-7-18-11/h1-2,4-5,11,13H,3,6-8H2,(H,16,17)/t11-/m0/s1. The SMILES string of the molecule is O=C(NCc1ccccc1OC(F)F)[C@@H]1CCCO1. The molecular weight excluding hydrogens is 256 g/mol. The van der Waals surface area contributed by atoms with Crippen molar-refractivity contribution in [3.05, 3.63) is 29.8 Å². The van der Waals surface area contributed by atoms with Gasteiger partial charge in [0.1, 0.15) is 11.9 Å². The van der Waals surface area contributed by atoms with Crippen LogP contribution in [0.5, 0.6) is 5.75 Å². The van der Waals surface area contributed by atoms with Crippen molar-refractivity contribution in [3.63, 3.8) is 0 Å². The minimum atomic E-state index is -2.88. The van der Waals surface area contributed by atoms with E-state index in [1.165, 1.54) is 6.07 Å². The summed E-state index contributed by atoms with van der Waals surface area (Å²) >= 11 is 0. The monoisotopic (exact) mass is 271 g/mol. The lowest BCUT2D eigenvalue weighted by molar-refractivity contribution is -0.130. The molecule has 1 atom stereocenters. The van der Waals surface area contributed by atoms with E-state index in [2.05, 4.69) is 10.1 Å². The van der Waals surface area contributed by atoms with Crippen LogP contribution in [0.1, 0.15) is 18.4 Å². The number of benzene rings is 1.